The summed E-state index contributed by atoms with van der Waals surface area (Å²) in [5.41, 5.74) is 0.963. The SMILES string of the molecule is C[C@H](NC(=O)N(C)C[C@@H]1COc2ccccc2O1)c1cccnc1. The van der Waals surface area contributed by atoms with Gasteiger partial charge in [-0.1, -0.05) is 18.2 Å². The number of benzene rings is 1. The van der Waals surface area contributed by atoms with Crippen molar-refractivity contribution in [1.82, 2.24) is 15.2 Å². The molecule has 1 aromatic carbocycles. The summed E-state index contributed by atoms with van der Waals surface area (Å²) in [6.07, 6.45) is 3.27. The summed E-state index contributed by atoms with van der Waals surface area (Å²) < 4.78 is 11.6. The van der Waals surface area contributed by atoms with E-state index < -0.39 is 0 Å². The molecule has 1 aromatic heterocycles. The molecule has 0 unspecified atom stereocenters. The van der Waals surface area contributed by atoms with Crippen molar-refractivity contribution in [2.24, 2.45) is 0 Å². The van der Waals surface area contributed by atoms with E-state index in [2.05, 4.69) is 10.3 Å². The number of amides is 2. The van der Waals surface area contributed by atoms with Crippen LogP contribution in [0.1, 0.15) is 18.5 Å². The molecule has 6 nitrogen and oxygen atoms in total. The quantitative estimate of drug-likeness (QED) is 0.937. The number of urea groups is 1. The predicted molar refractivity (Wildman–Crippen MR) is 90.2 cm³/mol. The van der Waals surface area contributed by atoms with Gasteiger partial charge >= 0.3 is 6.03 Å². The molecule has 2 atom stereocenters. The summed E-state index contributed by atoms with van der Waals surface area (Å²) in [7, 11) is 1.75. The first-order chi connectivity index (χ1) is 11.6. The van der Waals surface area contributed by atoms with Crippen LogP contribution in [-0.2, 0) is 0 Å². The topological polar surface area (TPSA) is 63.7 Å². The Morgan fingerprint density at radius 3 is 2.88 bits per heavy atom. The van der Waals surface area contributed by atoms with Crippen LogP contribution in [0.4, 0.5) is 4.79 Å². The van der Waals surface area contributed by atoms with Crippen LogP contribution in [0.3, 0.4) is 0 Å². The molecule has 24 heavy (non-hydrogen) atoms. The summed E-state index contributed by atoms with van der Waals surface area (Å²) in [4.78, 5) is 18.0. The van der Waals surface area contributed by atoms with Crippen molar-refractivity contribution in [3.63, 3.8) is 0 Å². The van der Waals surface area contributed by atoms with E-state index in [1.54, 1.807) is 24.3 Å². The van der Waals surface area contributed by atoms with Gasteiger partial charge in [-0.05, 0) is 30.7 Å². The second kappa shape index (κ2) is 7.21. The van der Waals surface area contributed by atoms with Crippen LogP contribution < -0.4 is 14.8 Å². The molecule has 1 aliphatic rings. The molecular weight excluding hydrogens is 306 g/mol. The largest absolute Gasteiger partial charge is 0.486 e. The number of likely N-dealkylation sites (N-methyl/N-ethyl adjacent to an activating group) is 1. The average molecular weight is 327 g/mol. The third kappa shape index (κ3) is 3.76. The van der Waals surface area contributed by atoms with Crippen LogP contribution in [0.25, 0.3) is 0 Å². The fraction of sp³-hybridized carbons (Fsp3) is 0.333. The lowest BCUT2D eigenvalue weighted by Gasteiger charge is -2.30. The number of rotatable bonds is 4. The van der Waals surface area contributed by atoms with Crippen LogP contribution >= 0.6 is 0 Å². The minimum Gasteiger partial charge on any atom is -0.486 e. The van der Waals surface area contributed by atoms with Gasteiger partial charge < -0.3 is 19.7 Å². The Balaban J connectivity index is 1.53. The minimum absolute atomic E-state index is 0.113. The van der Waals surface area contributed by atoms with E-state index in [4.69, 9.17) is 9.47 Å². The fourth-order valence-electron chi connectivity index (χ4n) is 2.55. The highest BCUT2D eigenvalue weighted by atomic mass is 16.6. The number of aromatic nitrogens is 1. The highest BCUT2D eigenvalue weighted by Gasteiger charge is 2.24. The van der Waals surface area contributed by atoms with Crippen LogP contribution in [0, 0.1) is 0 Å². The van der Waals surface area contributed by atoms with E-state index >= 15 is 0 Å². The molecule has 2 aromatic rings. The van der Waals surface area contributed by atoms with Crippen LogP contribution in [0.5, 0.6) is 11.5 Å². The first-order valence-corrected chi connectivity index (χ1v) is 7.93. The Morgan fingerprint density at radius 2 is 2.12 bits per heavy atom. The van der Waals surface area contributed by atoms with Crippen molar-refractivity contribution in [2.45, 2.75) is 19.1 Å². The summed E-state index contributed by atoms with van der Waals surface area (Å²) in [6.45, 7) is 2.80. The summed E-state index contributed by atoms with van der Waals surface area (Å²) in [5, 5.41) is 2.96. The van der Waals surface area contributed by atoms with Crippen molar-refractivity contribution >= 4 is 6.03 Å². The lowest BCUT2D eigenvalue weighted by atomic mass is 10.1. The Kier molecular flexibility index (Phi) is 4.84. The Labute approximate surface area is 141 Å². The Hall–Kier alpha value is -2.76. The number of fused-ring (bicyclic) bond motifs is 1. The van der Waals surface area contributed by atoms with E-state index in [9.17, 15) is 4.79 Å². The molecule has 0 fully saturated rings. The molecule has 3 rings (SSSR count). The smallest absolute Gasteiger partial charge is 0.317 e. The highest BCUT2D eigenvalue weighted by molar-refractivity contribution is 5.74. The van der Waals surface area contributed by atoms with Crippen LogP contribution in [-0.4, -0.2) is 42.2 Å². The molecule has 0 bridgehead atoms. The third-order valence-corrected chi connectivity index (χ3v) is 3.92. The molecule has 0 aliphatic carbocycles. The number of nitrogens with one attached hydrogen (secondary N) is 1. The van der Waals surface area contributed by atoms with E-state index in [1.165, 1.54) is 0 Å². The van der Waals surface area contributed by atoms with Gasteiger partial charge in [0, 0.05) is 19.4 Å². The lowest BCUT2D eigenvalue weighted by molar-refractivity contribution is 0.0713. The maximum Gasteiger partial charge on any atom is 0.317 e. The zero-order chi connectivity index (χ0) is 16.9. The number of pyridine rings is 1. The molecule has 2 heterocycles. The lowest BCUT2D eigenvalue weighted by Crippen LogP contribution is -2.46. The van der Waals surface area contributed by atoms with Gasteiger partial charge in [0.25, 0.3) is 0 Å². The van der Waals surface area contributed by atoms with Crippen molar-refractivity contribution in [2.75, 3.05) is 20.2 Å². The van der Waals surface area contributed by atoms with Crippen LogP contribution in [0.15, 0.2) is 48.8 Å². The maximum absolute atomic E-state index is 12.3. The molecule has 1 N–H and O–H groups in total. The maximum atomic E-state index is 12.3. The molecule has 1 aliphatic heterocycles. The number of nitrogens with zero attached hydrogens (tertiary/aromatic N) is 2. The van der Waals surface area contributed by atoms with Gasteiger partial charge in [-0.25, -0.2) is 4.79 Å². The molecule has 2 amide bonds. The van der Waals surface area contributed by atoms with Gasteiger partial charge in [-0.15, -0.1) is 0 Å². The number of para-hydroxylation sites is 2. The van der Waals surface area contributed by atoms with Gasteiger partial charge in [-0.3, -0.25) is 4.98 Å². The third-order valence-electron chi connectivity index (χ3n) is 3.92. The van der Waals surface area contributed by atoms with Gasteiger partial charge in [0.15, 0.2) is 17.6 Å². The van der Waals surface area contributed by atoms with Crippen molar-refractivity contribution in [1.29, 1.82) is 0 Å². The van der Waals surface area contributed by atoms with E-state index in [-0.39, 0.29) is 18.2 Å². The molecule has 0 saturated carbocycles. The number of carbonyl (C=O) groups excluding carboxylic acids is 1. The van der Waals surface area contributed by atoms with Gasteiger partial charge in [0.05, 0.1) is 12.6 Å². The summed E-state index contributed by atoms with van der Waals surface area (Å²) >= 11 is 0. The van der Waals surface area contributed by atoms with Crippen molar-refractivity contribution in [3.8, 4) is 11.5 Å². The van der Waals surface area contributed by atoms with E-state index in [1.807, 2.05) is 43.3 Å². The van der Waals surface area contributed by atoms with Gasteiger partial charge in [0.2, 0.25) is 0 Å². The van der Waals surface area contributed by atoms with Gasteiger partial charge in [-0.2, -0.15) is 0 Å². The standard InChI is InChI=1S/C18H21N3O3/c1-13(14-6-5-9-19-10-14)20-18(22)21(2)11-15-12-23-16-7-3-4-8-17(16)24-15/h3-10,13,15H,11-12H2,1-2H3,(H,20,22)/t13-,15+/m0/s1. The van der Waals surface area contributed by atoms with E-state index in [0.29, 0.717) is 18.9 Å². The van der Waals surface area contributed by atoms with E-state index in [0.717, 1.165) is 11.3 Å². The van der Waals surface area contributed by atoms with Crippen LogP contribution in [0.2, 0.25) is 0 Å². The second-order valence-electron chi connectivity index (χ2n) is 5.84. The minimum atomic E-state index is -0.190. The average Bonchev–Trinajstić information content (AvgIpc) is 2.62. The monoisotopic (exact) mass is 327 g/mol. The zero-order valence-electron chi connectivity index (χ0n) is 13.8. The second-order valence-corrected chi connectivity index (χ2v) is 5.84. The predicted octanol–water partition coefficient (Wildman–Crippen LogP) is 2.62. The first-order valence-electron chi connectivity index (χ1n) is 7.93. The molecular formula is C18H21N3O3. The highest BCUT2D eigenvalue weighted by Crippen LogP contribution is 2.30. The van der Waals surface area contributed by atoms with Crippen molar-refractivity contribution in [3.05, 3.63) is 54.4 Å². The number of ether oxygens (including phenoxy) is 2. The molecule has 0 saturated heterocycles. The molecule has 0 radical (unpaired) electrons. The number of hydrogen-bond acceptors (Lipinski definition) is 4. The molecule has 0 spiro atoms. The number of carbonyl (C=O) groups is 1. The summed E-state index contributed by atoms with van der Waals surface area (Å²) in [6, 6.07) is 11.1. The Morgan fingerprint density at radius 1 is 1.33 bits per heavy atom. The zero-order valence-corrected chi connectivity index (χ0v) is 13.8. The molecule has 6 heteroatoms. The fourth-order valence-corrected chi connectivity index (χ4v) is 2.55. The summed E-state index contributed by atoms with van der Waals surface area (Å²) in [5.74, 6) is 1.46. The number of hydrogen-bond donors (Lipinski definition) is 1. The first kappa shape index (κ1) is 16.1. The van der Waals surface area contributed by atoms with Gasteiger partial charge in [0.1, 0.15) is 6.61 Å². The van der Waals surface area contributed by atoms with Crippen molar-refractivity contribution < 1.29 is 14.3 Å². The molecule has 126 valence electrons. The Bertz CT molecular complexity index is 693. The normalized spacial score (nSPS) is 17.0.